The summed E-state index contributed by atoms with van der Waals surface area (Å²) in [4.78, 5) is 11.8. The predicted molar refractivity (Wildman–Crippen MR) is 109 cm³/mol. The van der Waals surface area contributed by atoms with Gasteiger partial charge in [-0.05, 0) is 5.92 Å². The summed E-state index contributed by atoms with van der Waals surface area (Å²) >= 11 is 0. The van der Waals surface area contributed by atoms with Crippen molar-refractivity contribution in [2.45, 2.75) is 136 Å². The Hall–Kier alpha value is -0.330. The monoisotopic (exact) mass is 338 g/mol. The van der Waals surface area contributed by atoms with Crippen LogP contribution in [0.1, 0.15) is 136 Å². The van der Waals surface area contributed by atoms with Crippen LogP contribution in [0.15, 0.2) is 0 Å². The van der Waals surface area contributed by atoms with Crippen LogP contribution in [0.25, 0.3) is 0 Å². The van der Waals surface area contributed by atoms with Gasteiger partial charge in [-0.1, -0.05) is 124 Å². The third kappa shape index (κ3) is 16.5. The lowest BCUT2D eigenvalue weighted by atomic mass is 9.89. The molecule has 0 saturated carbocycles. The van der Waals surface area contributed by atoms with E-state index >= 15 is 0 Å². The van der Waals surface area contributed by atoms with Gasteiger partial charge in [0, 0.05) is 12.8 Å². The summed E-state index contributed by atoms with van der Waals surface area (Å²) in [5.41, 5.74) is 0. The van der Waals surface area contributed by atoms with E-state index < -0.39 is 0 Å². The van der Waals surface area contributed by atoms with Gasteiger partial charge in [-0.25, -0.2) is 0 Å². The van der Waals surface area contributed by atoms with Crippen molar-refractivity contribution in [2.24, 2.45) is 5.92 Å². The van der Waals surface area contributed by atoms with E-state index in [0.29, 0.717) is 11.7 Å². The maximum Gasteiger partial charge on any atom is 0.132 e. The number of hydrogen-bond donors (Lipinski definition) is 0. The molecule has 0 aromatic heterocycles. The van der Waals surface area contributed by atoms with E-state index in [1.54, 1.807) is 0 Å². The summed E-state index contributed by atoms with van der Waals surface area (Å²) in [5, 5.41) is 0. The van der Waals surface area contributed by atoms with Crippen molar-refractivity contribution < 1.29 is 4.79 Å². The molecule has 0 rings (SSSR count). The van der Waals surface area contributed by atoms with E-state index in [1.807, 2.05) is 6.92 Å². The zero-order chi connectivity index (χ0) is 17.9. The molecule has 0 spiro atoms. The summed E-state index contributed by atoms with van der Waals surface area (Å²) in [7, 11) is 0. The fraction of sp³-hybridized carbons (Fsp3) is 0.957. The minimum atomic E-state index is 0.477. The lowest BCUT2D eigenvalue weighted by Gasteiger charge is -2.16. The molecule has 0 aromatic rings. The predicted octanol–water partition coefficient (Wildman–Crippen LogP) is 8.25. The van der Waals surface area contributed by atoms with E-state index in [9.17, 15) is 4.79 Å². The first-order chi connectivity index (χ1) is 11.7. The first-order valence-corrected chi connectivity index (χ1v) is 11.3. The van der Waals surface area contributed by atoms with Crippen molar-refractivity contribution in [2.75, 3.05) is 0 Å². The van der Waals surface area contributed by atoms with Gasteiger partial charge in [-0.2, -0.15) is 0 Å². The normalized spacial score (nSPS) is 12.5. The average molecular weight is 339 g/mol. The summed E-state index contributed by atoms with van der Waals surface area (Å²) in [5.74, 6) is 1.15. The Morgan fingerprint density at radius 3 is 1.33 bits per heavy atom. The molecular formula is C23H46O. The van der Waals surface area contributed by atoms with Crippen LogP contribution in [0.5, 0.6) is 0 Å². The van der Waals surface area contributed by atoms with Crippen LogP contribution in [0.3, 0.4) is 0 Å². The van der Waals surface area contributed by atoms with Gasteiger partial charge in [0.1, 0.15) is 5.78 Å². The van der Waals surface area contributed by atoms with Gasteiger partial charge >= 0.3 is 0 Å². The largest absolute Gasteiger partial charge is 0.300 e. The van der Waals surface area contributed by atoms with Crippen LogP contribution in [-0.2, 0) is 4.79 Å². The lowest BCUT2D eigenvalue weighted by molar-refractivity contribution is -0.119. The highest BCUT2D eigenvalue weighted by atomic mass is 16.1. The molecule has 1 unspecified atom stereocenters. The first-order valence-electron chi connectivity index (χ1n) is 11.3. The van der Waals surface area contributed by atoms with Gasteiger partial charge < -0.3 is 0 Å². The third-order valence-electron chi connectivity index (χ3n) is 5.34. The van der Waals surface area contributed by atoms with Crippen LogP contribution < -0.4 is 0 Å². The fourth-order valence-corrected chi connectivity index (χ4v) is 3.60. The fourth-order valence-electron chi connectivity index (χ4n) is 3.60. The molecule has 0 aliphatic carbocycles. The molecule has 144 valence electrons. The van der Waals surface area contributed by atoms with E-state index in [2.05, 4.69) is 13.8 Å². The lowest BCUT2D eigenvalue weighted by Crippen LogP contribution is -2.08. The van der Waals surface area contributed by atoms with Crippen molar-refractivity contribution in [3.05, 3.63) is 0 Å². The minimum absolute atomic E-state index is 0.477. The van der Waals surface area contributed by atoms with E-state index in [-0.39, 0.29) is 0 Å². The Balaban J connectivity index is 3.73. The first kappa shape index (κ1) is 23.7. The number of carbonyl (C=O) groups is 1. The molecule has 0 fully saturated rings. The Morgan fingerprint density at radius 1 is 0.583 bits per heavy atom. The summed E-state index contributed by atoms with van der Waals surface area (Å²) in [6.45, 7) is 6.57. The number of carbonyl (C=O) groups excluding carboxylic acids is 1. The second-order valence-electron chi connectivity index (χ2n) is 7.78. The molecule has 24 heavy (non-hydrogen) atoms. The number of ketones is 1. The molecule has 1 heteroatoms. The van der Waals surface area contributed by atoms with Crippen molar-refractivity contribution in [1.82, 2.24) is 0 Å². The van der Waals surface area contributed by atoms with Gasteiger partial charge in [0.25, 0.3) is 0 Å². The molecule has 1 nitrogen and oxygen atoms in total. The minimum Gasteiger partial charge on any atom is -0.300 e. The maximum atomic E-state index is 11.8. The van der Waals surface area contributed by atoms with Crippen molar-refractivity contribution in [3.8, 4) is 0 Å². The number of hydrogen-bond acceptors (Lipinski definition) is 1. The maximum absolute atomic E-state index is 11.8. The van der Waals surface area contributed by atoms with Crippen LogP contribution in [0, 0.1) is 5.92 Å². The average Bonchev–Trinajstić information content (AvgIpc) is 2.59. The molecular weight excluding hydrogens is 292 g/mol. The molecule has 1 atom stereocenters. The molecule has 0 amide bonds. The summed E-state index contributed by atoms with van der Waals surface area (Å²) in [6, 6.07) is 0. The van der Waals surface area contributed by atoms with Gasteiger partial charge in [0.15, 0.2) is 0 Å². The number of rotatable bonds is 19. The zero-order valence-electron chi connectivity index (χ0n) is 17.2. The Bertz CT molecular complexity index is 259. The van der Waals surface area contributed by atoms with Crippen LogP contribution in [0.2, 0.25) is 0 Å². The third-order valence-corrected chi connectivity index (χ3v) is 5.34. The standard InChI is InChI=1S/C23H46O/c1-4-7-9-11-13-14-16-18-20-22(21-23(24)6-3)19-17-15-12-10-8-5-2/h22H,4-21H2,1-3H3. The second-order valence-corrected chi connectivity index (χ2v) is 7.78. The van der Waals surface area contributed by atoms with Gasteiger partial charge in [-0.3, -0.25) is 4.79 Å². The van der Waals surface area contributed by atoms with E-state index in [0.717, 1.165) is 12.8 Å². The Kier molecular flexibility index (Phi) is 18.7. The van der Waals surface area contributed by atoms with Crippen molar-refractivity contribution >= 4 is 5.78 Å². The SMILES string of the molecule is CCCCCCCCCCC(CCCCCCCC)CC(=O)CC. The van der Waals surface area contributed by atoms with Crippen molar-refractivity contribution in [1.29, 1.82) is 0 Å². The summed E-state index contributed by atoms with van der Waals surface area (Å²) in [6.07, 6.45) is 23.5. The topological polar surface area (TPSA) is 17.1 Å². The molecule has 0 aliphatic rings. The Labute approximate surface area is 153 Å². The molecule has 0 saturated heterocycles. The van der Waals surface area contributed by atoms with Crippen molar-refractivity contribution in [3.63, 3.8) is 0 Å². The highest BCUT2D eigenvalue weighted by Gasteiger charge is 2.12. The molecule has 0 bridgehead atoms. The Morgan fingerprint density at radius 2 is 0.958 bits per heavy atom. The highest BCUT2D eigenvalue weighted by molar-refractivity contribution is 5.78. The van der Waals surface area contributed by atoms with Gasteiger partial charge in [0.2, 0.25) is 0 Å². The molecule has 0 radical (unpaired) electrons. The molecule has 0 N–H and O–H groups in total. The quantitative estimate of drug-likeness (QED) is 0.217. The molecule has 0 aliphatic heterocycles. The van der Waals surface area contributed by atoms with E-state index in [4.69, 9.17) is 0 Å². The highest BCUT2D eigenvalue weighted by Crippen LogP contribution is 2.23. The second kappa shape index (κ2) is 19.0. The van der Waals surface area contributed by atoms with Crippen LogP contribution in [0.4, 0.5) is 0 Å². The van der Waals surface area contributed by atoms with Gasteiger partial charge in [0.05, 0.1) is 0 Å². The summed E-state index contributed by atoms with van der Waals surface area (Å²) < 4.78 is 0. The van der Waals surface area contributed by atoms with Crippen LogP contribution >= 0.6 is 0 Å². The van der Waals surface area contributed by atoms with E-state index in [1.165, 1.54) is 103 Å². The molecule has 0 heterocycles. The zero-order valence-corrected chi connectivity index (χ0v) is 17.2. The van der Waals surface area contributed by atoms with Gasteiger partial charge in [-0.15, -0.1) is 0 Å². The van der Waals surface area contributed by atoms with Crippen LogP contribution in [-0.4, -0.2) is 5.78 Å². The number of unbranched alkanes of at least 4 members (excludes halogenated alkanes) is 12. The molecule has 0 aromatic carbocycles. The smallest absolute Gasteiger partial charge is 0.132 e. The number of Topliss-reactive ketones (excluding diaryl/α,β-unsaturated/α-hetero) is 1.